The number of hydrogen-bond acceptors (Lipinski definition) is 1. The van der Waals surface area contributed by atoms with Crippen molar-refractivity contribution in [3.05, 3.63) is 10.8 Å². The van der Waals surface area contributed by atoms with Crippen molar-refractivity contribution >= 4 is 53.3 Å². The maximum atomic E-state index is 2.73. The first-order valence-electron chi connectivity index (χ1n) is 15.0. The van der Waals surface area contributed by atoms with Gasteiger partial charge in [0, 0.05) is 0 Å². The highest BCUT2D eigenvalue weighted by molar-refractivity contribution is 7.74. The van der Waals surface area contributed by atoms with Crippen LogP contribution in [0.1, 0.15) is 128 Å². The van der Waals surface area contributed by atoms with E-state index in [1.54, 1.807) is 51.4 Å². The van der Waals surface area contributed by atoms with E-state index in [0.29, 0.717) is 0 Å². The molecule has 0 aromatic carbocycles. The Bertz CT molecular complexity index is 566. The van der Waals surface area contributed by atoms with E-state index in [2.05, 4.69) is 22.1 Å². The molecule has 0 bridgehead atoms. The van der Waals surface area contributed by atoms with Crippen LogP contribution >= 0.6 is 27.2 Å². The van der Waals surface area contributed by atoms with Crippen molar-refractivity contribution in [1.82, 2.24) is 0 Å². The summed E-state index contributed by atoms with van der Waals surface area (Å²) in [6.07, 6.45) is 30.7. The largest absolute Gasteiger partial charge is 0.151 e. The topological polar surface area (TPSA) is 0 Å². The van der Waals surface area contributed by atoms with Crippen molar-refractivity contribution in [2.24, 2.45) is 0 Å². The molecule has 4 saturated carbocycles. The summed E-state index contributed by atoms with van der Waals surface area (Å²) in [5.74, 6) is 0. The van der Waals surface area contributed by atoms with Gasteiger partial charge in [0.25, 0.3) is 0 Å². The van der Waals surface area contributed by atoms with E-state index in [1.807, 2.05) is 26.1 Å². The van der Waals surface area contributed by atoms with Gasteiger partial charge >= 0.3 is 0 Å². The quantitative estimate of drug-likeness (QED) is 0.280. The van der Waals surface area contributed by atoms with Crippen molar-refractivity contribution in [2.75, 3.05) is 0 Å². The molecule has 0 nitrogen and oxygen atoms in total. The Kier molecular flexibility index (Phi) is 11.7. The van der Waals surface area contributed by atoms with Gasteiger partial charge in [-0.05, 0) is 95.4 Å². The smallest absolute Gasteiger partial charge is 0.0643 e. The van der Waals surface area contributed by atoms with Gasteiger partial charge in [0.1, 0.15) is 0 Å². The Hall–Kier alpha value is 0.690. The normalized spacial score (nSPS) is 24.7. The van der Waals surface area contributed by atoms with Crippen LogP contribution in [-0.4, -0.2) is 38.1 Å². The molecule has 0 radical (unpaired) electrons. The van der Waals surface area contributed by atoms with Crippen LogP contribution in [0, 0.1) is 0 Å². The first kappa shape index (κ1) is 26.7. The third-order valence-corrected chi connectivity index (χ3v) is 17.4. The second-order valence-electron chi connectivity index (χ2n) is 11.1. The van der Waals surface area contributed by atoms with E-state index >= 15 is 0 Å². The lowest BCUT2D eigenvalue weighted by Gasteiger charge is -2.42. The van der Waals surface area contributed by atoms with Gasteiger partial charge in [-0.2, -0.15) is 11.3 Å². The Morgan fingerprint density at radius 2 is 0.697 bits per heavy atom. The molecule has 0 unspecified atom stereocenters. The fraction of sp³-hybridized carbons (Fsp3) is 0.857. The zero-order chi connectivity index (χ0) is 22.9. The maximum Gasteiger partial charge on any atom is 0.0643 e. The van der Waals surface area contributed by atoms with E-state index in [-0.39, 0.29) is 15.8 Å². The molecule has 0 aliphatic heterocycles. The molecular weight excluding hydrogens is 452 g/mol. The SMILES string of the molecule is BB.c1scc(P(C2CCCCC2)C2CCCCC2)c1P(C1CCCCC1)C1CCCCC1. The van der Waals surface area contributed by atoms with E-state index < -0.39 is 0 Å². The van der Waals surface area contributed by atoms with Crippen molar-refractivity contribution in [2.45, 2.75) is 151 Å². The molecular formula is C28H50B2P2S. The molecule has 33 heavy (non-hydrogen) atoms. The fourth-order valence-corrected chi connectivity index (χ4v) is 17.4. The average Bonchev–Trinajstić information content (AvgIpc) is 3.37. The Morgan fingerprint density at radius 1 is 0.455 bits per heavy atom. The standard InChI is InChI=1S/C28H46P2S.B2H4/c1-5-13-23(14-6-1)29(24-15-7-2-8-16-24)27-21-31-22-28(27)30(25-17-9-3-10-18-25)26-19-11-4-12-20-26;1-2/h21-26H,1-20H2;1-2H2. The predicted octanol–water partition coefficient (Wildman–Crippen LogP) is 7.46. The lowest BCUT2D eigenvalue weighted by atomic mass is 9.81. The molecule has 5 rings (SSSR count). The average molecular weight is 502 g/mol. The summed E-state index contributed by atoms with van der Waals surface area (Å²) >= 11 is 2.11. The summed E-state index contributed by atoms with van der Waals surface area (Å²) < 4.78 is 0. The highest BCUT2D eigenvalue weighted by atomic mass is 32.1. The van der Waals surface area contributed by atoms with Crippen LogP contribution in [0.4, 0.5) is 0 Å². The fourth-order valence-electron chi connectivity index (χ4n) is 7.49. The Balaban J connectivity index is 0.00000126. The summed E-state index contributed by atoms with van der Waals surface area (Å²) in [6.45, 7) is 0. The van der Waals surface area contributed by atoms with Crippen molar-refractivity contribution in [1.29, 1.82) is 0 Å². The van der Waals surface area contributed by atoms with Gasteiger partial charge in [-0.25, -0.2) is 0 Å². The zero-order valence-electron chi connectivity index (χ0n) is 21.9. The first-order chi connectivity index (χ1) is 16.4. The van der Waals surface area contributed by atoms with Crippen molar-refractivity contribution < 1.29 is 0 Å². The number of thiophene rings is 1. The molecule has 5 heteroatoms. The lowest BCUT2D eigenvalue weighted by molar-refractivity contribution is 0.486. The summed E-state index contributed by atoms with van der Waals surface area (Å²) in [6, 6.07) is 0. The van der Waals surface area contributed by atoms with Crippen LogP contribution < -0.4 is 10.6 Å². The number of rotatable bonds is 6. The lowest BCUT2D eigenvalue weighted by Crippen LogP contribution is -2.35. The van der Waals surface area contributed by atoms with Crippen LogP contribution in [0.5, 0.6) is 0 Å². The van der Waals surface area contributed by atoms with E-state index in [1.165, 1.54) is 77.0 Å². The van der Waals surface area contributed by atoms with Gasteiger partial charge in [-0.3, -0.25) is 0 Å². The summed E-state index contributed by atoms with van der Waals surface area (Å²) in [5, 5.41) is 9.43. The highest BCUT2D eigenvalue weighted by Gasteiger charge is 2.39. The molecule has 4 aliphatic rings. The molecule has 1 aromatic heterocycles. The highest BCUT2D eigenvalue weighted by Crippen LogP contribution is 2.60. The van der Waals surface area contributed by atoms with Crippen LogP contribution in [0.15, 0.2) is 10.8 Å². The van der Waals surface area contributed by atoms with Gasteiger partial charge in [0.2, 0.25) is 0 Å². The van der Waals surface area contributed by atoms with E-state index in [4.69, 9.17) is 0 Å². The summed E-state index contributed by atoms with van der Waals surface area (Å²) in [7, 11) is 4.15. The van der Waals surface area contributed by atoms with E-state index in [9.17, 15) is 0 Å². The first-order valence-corrected chi connectivity index (χ1v) is 18.9. The minimum absolute atomic E-state index is 0.0762. The Morgan fingerprint density at radius 3 is 0.939 bits per heavy atom. The molecule has 4 fully saturated rings. The third-order valence-electron chi connectivity index (χ3n) is 9.05. The molecule has 184 valence electrons. The second-order valence-corrected chi connectivity index (χ2v) is 17.4. The molecule has 0 amide bonds. The monoisotopic (exact) mass is 502 g/mol. The molecule has 0 N–H and O–H groups in total. The van der Waals surface area contributed by atoms with Crippen LogP contribution in [0.2, 0.25) is 0 Å². The number of hydrogen-bond donors (Lipinski definition) is 0. The second kappa shape index (κ2) is 14.4. The molecule has 4 aliphatic carbocycles. The van der Waals surface area contributed by atoms with Gasteiger partial charge < -0.3 is 0 Å². The molecule has 0 spiro atoms. The van der Waals surface area contributed by atoms with Crippen molar-refractivity contribution in [3.8, 4) is 0 Å². The minimum Gasteiger partial charge on any atom is -0.151 e. The minimum atomic E-state index is 0.0762. The van der Waals surface area contributed by atoms with Crippen molar-refractivity contribution in [3.63, 3.8) is 0 Å². The van der Waals surface area contributed by atoms with E-state index in [0.717, 1.165) is 22.6 Å². The molecule has 1 aromatic rings. The van der Waals surface area contributed by atoms with Gasteiger partial charge in [0.05, 0.1) is 15.5 Å². The van der Waals surface area contributed by atoms with Crippen LogP contribution in [0.25, 0.3) is 0 Å². The summed E-state index contributed by atoms with van der Waals surface area (Å²) in [4.78, 5) is 0. The maximum absolute atomic E-state index is 2.73. The van der Waals surface area contributed by atoms with Gasteiger partial charge in [-0.1, -0.05) is 92.9 Å². The third kappa shape index (κ3) is 6.92. The molecule has 1 heterocycles. The van der Waals surface area contributed by atoms with Gasteiger partial charge in [0.15, 0.2) is 0 Å². The predicted molar refractivity (Wildman–Crippen MR) is 162 cm³/mol. The van der Waals surface area contributed by atoms with Gasteiger partial charge in [-0.15, -0.1) is 0 Å². The van der Waals surface area contributed by atoms with Crippen LogP contribution in [0.3, 0.4) is 0 Å². The Labute approximate surface area is 214 Å². The van der Waals surface area contributed by atoms with Crippen LogP contribution in [-0.2, 0) is 0 Å². The summed E-state index contributed by atoms with van der Waals surface area (Å²) in [5.41, 5.74) is 4.26. The molecule has 0 atom stereocenters. The molecule has 0 saturated heterocycles. The zero-order valence-corrected chi connectivity index (χ0v) is 24.5.